The van der Waals surface area contributed by atoms with Gasteiger partial charge in [-0.15, -0.1) is 16.4 Å². The second-order valence-electron chi connectivity index (χ2n) is 3.56. The van der Waals surface area contributed by atoms with Gasteiger partial charge in [-0.2, -0.15) is 4.68 Å². The Morgan fingerprint density at radius 2 is 2.10 bits per heavy atom. The zero-order valence-corrected chi connectivity index (χ0v) is 12.2. The molecule has 0 saturated carbocycles. The molecule has 0 radical (unpaired) electrons. The molecule has 3 rings (SSSR count). The van der Waals surface area contributed by atoms with E-state index in [1.165, 1.54) is 23.1 Å². The third-order valence-corrected chi connectivity index (χ3v) is 4.70. The summed E-state index contributed by atoms with van der Waals surface area (Å²) >= 11 is 8.30. The fourth-order valence-electron chi connectivity index (χ4n) is 1.46. The van der Waals surface area contributed by atoms with E-state index in [4.69, 9.17) is 11.6 Å². The third-order valence-electron chi connectivity index (χ3n) is 2.32. The van der Waals surface area contributed by atoms with E-state index in [2.05, 4.69) is 20.5 Å². The van der Waals surface area contributed by atoms with Gasteiger partial charge in [0.1, 0.15) is 4.88 Å². The molecule has 0 unspecified atom stereocenters. The minimum absolute atomic E-state index is 0.200. The molecule has 0 atom stereocenters. The quantitative estimate of drug-likeness (QED) is 0.687. The van der Waals surface area contributed by atoms with Crippen molar-refractivity contribution in [2.75, 3.05) is 0 Å². The Balaban J connectivity index is 1.92. The first-order chi connectivity index (χ1) is 9.78. The average Bonchev–Trinajstić information content (AvgIpc) is 3.06. The first kappa shape index (κ1) is 13.2. The van der Waals surface area contributed by atoms with Crippen LogP contribution in [0.4, 0.5) is 0 Å². The zero-order valence-electron chi connectivity index (χ0n) is 9.80. The predicted octanol–water partition coefficient (Wildman–Crippen LogP) is 2.74. The highest BCUT2D eigenvalue weighted by molar-refractivity contribution is 8.00. The molecule has 20 heavy (non-hydrogen) atoms. The molecule has 2 heterocycles. The number of nitrogens with zero attached hydrogens (tertiary/aromatic N) is 5. The summed E-state index contributed by atoms with van der Waals surface area (Å²) in [6.07, 6.45) is 0.685. The van der Waals surface area contributed by atoms with Crippen molar-refractivity contribution in [3.63, 3.8) is 0 Å². The van der Waals surface area contributed by atoms with E-state index in [1.807, 2.05) is 30.3 Å². The van der Waals surface area contributed by atoms with E-state index < -0.39 is 0 Å². The summed E-state index contributed by atoms with van der Waals surface area (Å²) in [6.45, 7) is 0. The molecule has 0 bridgehead atoms. The molecule has 2 aromatic heterocycles. The third kappa shape index (κ3) is 2.58. The first-order valence-electron chi connectivity index (χ1n) is 5.41. The molecule has 0 fully saturated rings. The number of halogens is 1. The minimum Gasteiger partial charge on any atom is -0.297 e. The number of aromatic nitrogens is 5. The lowest BCUT2D eigenvalue weighted by molar-refractivity contribution is 0.112. The van der Waals surface area contributed by atoms with Crippen molar-refractivity contribution in [3.8, 4) is 5.69 Å². The van der Waals surface area contributed by atoms with Gasteiger partial charge in [0.2, 0.25) is 5.16 Å². The molecule has 0 aliphatic rings. The summed E-state index contributed by atoms with van der Waals surface area (Å²) in [7, 11) is 0. The summed E-state index contributed by atoms with van der Waals surface area (Å²) in [6, 6.07) is 9.50. The number of thiazole rings is 1. The first-order valence-corrected chi connectivity index (χ1v) is 7.42. The maximum Gasteiger partial charge on any atom is 0.221 e. The van der Waals surface area contributed by atoms with Crippen LogP contribution in [0.1, 0.15) is 9.67 Å². The van der Waals surface area contributed by atoms with E-state index in [9.17, 15) is 4.79 Å². The highest BCUT2D eigenvalue weighted by Crippen LogP contribution is 2.33. The lowest BCUT2D eigenvalue weighted by Crippen LogP contribution is -1.98. The van der Waals surface area contributed by atoms with Crippen molar-refractivity contribution in [2.45, 2.75) is 9.50 Å². The van der Waals surface area contributed by atoms with Gasteiger partial charge in [0.25, 0.3) is 0 Å². The van der Waals surface area contributed by atoms with Crippen molar-refractivity contribution < 1.29 is 4.79 Å². The predicted molar refractivity (Wildman–Crippen MR) is 75.8 cm³/mol. The molecule has 6 nitrogen and oxygen atoms in total. The Labute approximate surface area is 126 Å². The van der Waals surface area contributed by atoms with E-state index >= 15 is 0 Å². The van der Waals surface area contributed by atoms with E-state index in [-0.39, 0.29) is 5.15 Å². The summed E-state index contributed by atoms with van der Waals surface area (Å²) in [5, 5.41) is 12.3. The Hall–Kier alpha value is -1.77. The lowest BCUT2D eigenvalue weighted by Gasteiger charge is -2.01. The Bertz CT molecular complexity index is 742. The monoisotopic (exact) mass is 323 g/mol. The molecular formula is C11H6ClN5OS2. The summed E-state index contributed by atoms with van der Waals surface area (Å²) in [5.74, 6) is 0. The number of tetrazole rings is 1. The topological polar surface area (TPSA) is 73.6 Å². The van der Waals surface area contributed by atoms with Crippen LogP contribution in [0.2, 0.25) is 5.15 Å². The van der Waals surface area contributed by atoms with Crippen LogP contribution in [-0.4, -0.2) is 31.5 Å². The van der Waals surface area contributed by atoms with Gasteiger partial charge in [-0.05, 0) is 34.3 Å². The molecule has 100 valence electrons. The van der Waals surface area contributed by atoms with Gasteiger partial charge in [0, 0.05) is 0 Å². The molecule has 1 aromatic carbocycles. The zero-order chi connectivity index (χ0) is 13.9. The molecule has 0 saturated heterocycles. The van der Waals surface area contributed by atoms with Crippen molar-refractivity contribution in [1.29, 1.82) is 0 Å². The van der Waals surface area contributed by atoms with Crippen LogP contribution in [0.5, 0.6) is 0 Å². The van der Waals surface area contributed by atoms with Crippen LogP contribution in [0, 0.1) is 0 Å². The fraction of sp³-hybridized carbons (Fsp3) is 0. The van der Waals surface area contributed by atoms with Gasteiger partial charge in [-0.3, -0.25) is 4.79 Å². The SMILES string of the molecule is O=Cc1sc(Sc2nnnn2-c2ccccc2)nc1Cl. The van der Waals surface area contributed by atoms with Gasteiger partial charge in [-0.25, -0.2) is 4.98 Å². The smallest absolute Gasteiger partial charge is 0.221 e. The number of carbonyl (C=O) groups is 1. The van der Waals surface area contributed by atoms with E-state index in [1.54, 1.807) is 4.68 Å². The van der Waals surface area contributed by atoms with Crippen LogP contribution in [0.15, 0.2) is 39.8 Å². The normalized spacial score (nSPS) is 10.7. The number of aldehydes is 1. The molecule has 0 aliphatic heterocycles. The molecule has 0 aliphatic carbocycles. The average molecular weight is 324 g/mol. The van der Waals surface area contributed by atoms with Gasteiger partial charge in [0.05, 0.1) is 5.69 Å². The standard InChI is InChI=1S/C11H6ClN5OS2/c12-9-8(6-18)19-11(13-9)20-10-14-15-16-17(10)7-4-2-1-3-5-7/h1-6H. The maximum atomic E-state index is 10.8. The maximum absolute atomic E-state index is 10.8. The van der Waals surface area contributed by atoms with Crippen molar-refractivity contribution in [2.24, 2.45) is 0 Å². The number of carbonyl (C=O) groups excluding carboxylic acids is 1. The van der Waals surface area contributed by atoms with E-state index in [0.29, 0.717) is 20.7 Å². The van der Waals surface area contributed by atoms with Gasteiger partial charge < -0.3 is 0 Å². The molecule has 0 amide bonds. The molecule has 0 spiro atoms. The summed E-state index contributed by atoms with van der Waals surface area (Å²) in [4.78, 5) is 15.3. The number of benzene rings is 1. The summed E-state index contributed by atoms with van der Waals surface area (Å²) in [5.41, 5.74) is 0.846. The Morgan fingerprint density at radius 3 is 2.80 bits per heavy atom. The molecule has 3 aromatic rings. The largest absolute Gasteiger partial charge is 0.297 e. The second-order valence-corrected chi connectivity index (χ2v) is 6.17. The van der Waals surface area contributed by atoms with Crippen molar-refractivity contribution in [3.05, 3.63) is 40.4 Å². The van der Waals surface area contributed by atoms with Crippen molar-refractivity contribution in [1.82, 2.24) is 25.2 Å². The number of para-hydroxylation sites is 1. The Kier molecular flexibility index (Phi) is 3.77. The fourth-order valence-corrected chi connectivity index (χ4v) is 3.57. The van der Waals surface area contributed by atoms with Crippen molar-refractivity contribution >= 4 is 41.0 Å². The highest BCUT2D eigenvalue weighted by Gasteiger charge is 2.15. The molecule has 9 heteroatoms. The minimum atomic E-state index is 0.200. The molecule has 0 N–H and O–H groups in total. The van der Waals surface area contributed by atoms with Crippen LogP contribution >= 0.6 is 34.7 Å². The van der Waals surface area contributed by atoms with Crippen LogP contribution < -0.4 is 0 Å². The second kappa shape index (κ2) is 5.70. The number of rotatable bonds is 4. The van der Waals surface area contributed by atoms with Crippen LogP contribution in [0.25, 0.3) is 5.69 Å². The number of hydrogen-bond acceptors (Lipinski definition) is 7. The van der Waals surface area contributed by atoms with Crippen LogP contribution in [0.3, 0.4) is 0 Å². The van der Waals surface area contributed by atoms with Gasteiger partial charge >= 0.3 is 0 Å². The lowest BCUT2D eigenvalue weighted by atomic mass is 10.3. The van der Waals surface area contributed by atoms with E-state index in [0.717, 1.165) is 5.69 Å². The van der Waals surface area contributed by atoms with Gasteiger partial charge in [-0.1, -0.05) is 29.8 Å². The van der Waals surface area contributed by atoms with Crippen LogP contribution in [-0.2, 0) is 0 Å². The summed E-state index contributed by atoms with van der Waals surface area (Å²) < 4.78 is 2.21. The Morgan fingerprint density at radius 1 is 1.30 bits per heavy atom. The molecular weight excluding hydrogens is 318 g/mol. The number of hydrogen-bond donors (Lipinski definition) is 0. The van der Waals surface area contributed by atoms with Gasteiger partial charge in [0.15, 0.2) is 15.8 Å². The highest BCUT2D eigenvalue weighted by atomic mass is 35.5.